The van der Waals surface area contributed by atoms with Crippen LogP contribution in [0.5, 0.6) is 0 Å². The van der Waals surface area contributed by atoms with Crippen LogP contribution in [0, 0.1) is 0 Å². The van der Waals surface area contributed by atoms with E-state index in [0.29, 0.717) is 12.8 Å². The van der Waals surface area contributed by atoms with Gasteiger partial charge in [0.25, 0.3) is 0 Å². The molecule has 2 atom stereocenters. The number of carbonyl (C=O) groups is 1. The second-order valence-electron chi connectivity index (χ2n) is 16.5. The molecule has 314 valence electrons. The molecule has 0 bridgehead atoms. The molecular weight excluding hydrogens is 651 g/mol. The van der Waals surface area contributed by atoms with E-state index < -0.39 is 12.1 Å². The predicted octanol–water partition coefficient (Wildman–Crippen LogP) is 15.2. The van der Waals surface area contributed by atoms with Crippen molar-refractivity contribution in [1.29, 1.82) is 0 Å². The van der Waals surface area contributed by atoms with Crippen molar-refractivity contribution in [1.82, 2.24) is 5.32 Å². The number of unbranched alkanes of at least 4 members (excludes halogenated alkanes) is 33. The van der Waals surface area contributed by atoms with Crippen molar-refractivity contribution < 1.29 is 15.0 Å². The predicted molar refractivity (Wildman–Crippen MR) is 235 cm³/mol. The molecule has 1 amide bonds. The molecule has 0 fully saturated rings. The molecule has 0 aliphatic heterocycles. The first kappa shape index (κ1) is 51.9. The molecule has 0 aromatic heterocycles. The van der Waals surface area contributed by atoms with Crippen molar-refractivity contribution >= 4 is 5.91 Å². The minimum Gasteiger partial charge on any atom is -0.394 e. The van der Waals surface area contributed by atoms with Crippen LogP contribution < -0.4 is 5.32 Å². The van der Waals surface area contributed by atoms with Gasteiger partial charge in [0.2, 0.25) is 5.91 Å². The number of hydrogen-bond acceptors (Lipinski definition) is 3. The van der Waals surface area contributed by atoms with Gasteiger partial charge in [-0.25, -0.2) is 0 Å². The maximum absolute atomic E-state index is 12.4. The molecule has 4 heteroatoms. The number of aliphatic hydroxyl groups excluding tert-OH is 2. The van der Waals surface area contributed by atoms with Gasteiger partial charge in [0.05, 0.1) is 18.8 Å². The van der Waals surface area contributed by atoms with E-state index in [-0.39, 0.29) is 12.5 Å². The fourth-order valence-electron chi connectivity index (χ4n) is 7.51. The summed E-state index contributed by atoms with van der Waals surface area (Å²) in [6.45, 7) is 4.35. The summed E-state index contributed by atoms with van der Waals surface area (Å²) >= 11 is 0. The molecule has 3 N–H and O–H groups in total. The lowest BCUT2D eigenvalue weighted by atomic mass is 10.0. The summed E-state index contributed by atoms with van der Waals surface area (Å²) < 4.78 is 0. The van der Waals surface area contributed by atoms with Crippen molar-refractivity contribution in [2.75, 3.05) is 6.61 Å². The van der Waals surface area contributed by atoms with E-state index in [1.54, 1.807) is 0 Å². The summed E-state index contributed by atoms with van der Waals surface area (Å²) in [7, 11) is 0. The van der Waals surface area contributed by atoms with Gasteiger partial charge in [-0.05, 0) is 44.9 Å². The standard InChI is InChI=1S/C49H95NO3/c1-3-5-7-9-11-13-15-17-19-21-22-23-24-25-26-27-28-29-30-32-34-36-38-40-42-44-48(52)47(46-51)50-49(53)45-43-41-39-37-35-33-31-20-18-16-14-12-10-8-6-4-2/h14,16,20,31,47-48,51-52H,3-13,15,17-19,21-30,32-46H2,1-2H3,(H,50,53)/b16-14-,31-20-. The maximum Gasteiger partial charge on any atom is 0.220 e. The third-order valence-corrected chi connectivity index (χ3v) is 11.2. The van der Waals surface area contributed by atoms with E-state index in [1.165, 1.54) is 193 Å². The Balaban J connectivity index is 3.47. The Hall–Kier alpha value is -1.13. The van der Waals surface area contributed by atoms with Gasteiger partial charge in [-0.1, -0.05) is 237 Å². The zero-order valence-electron chi connectivity index (χ0n) is 36.1. The molecule has 0 aromatic carbocycles. The fraction of sp³-hybridized carbons (Fsp3) is 0.898. The van der Waals surface area contributed by atoms with Crippen molar-refractivity contribution in [2.24, 2.45) is 0 Å². The Bertz CT molecular complexity index is 765. The van der Waals surface area contributed by atoms with Gasteiger partial charge in [-0.3, -0.25) is 4.79 Å². The number of hydrogen-bond donors (Lipinski definition) is 3. The highest BCUT2D eigenvalue weighted by molar-refractivity contribution is 5.76. The highest BCUT2D eigenvalue weighted by atomic mass is 16.3. The van der Waals surface area contributed by atoms with Crippen LogP contribution in [0.4, 0.5) is 0 Å². The number of allylic oxidation sites excluding steroid dienone is 4. The topological polar surface area (TPSA) is 69.6 Å². The summed E-state index contributed by atoms with van der Waals surface area (Å²) in [6.07, 6.45) is 58.4. The van der Waals surface area contributed by atoms with Gasteiger partial charge in [0.1, 0.15) is 0 Å². The van der Waals surface area contributed by atoms with E-state index in [2.05, 4.69) is 43.5 Å². The maximum atomic E-state index is 12.4. The van der Waals surface area contributed by atoms with Crippen LogP contribution in [0.2, 0.25) is 0 Å². The van der Waals surface area contributed by atoms with Crippen LogP contribution in [0.1, 0.15) is 264 Å². The minimum atomic E-state index is -0.664. The van der Waals surface area contributed by atoms with Gasteiger partial charge in [-0.2, -0.15) is 0 Å². The molecule has 4 nitrogen and oxygen atoms in total. The van der Waals surface area contributed by atoms with Gasteiger partial charge in [-0.15, -0.1) is 0 Å². The van der Waals surface area contributed by atoms with Gasteiger partial charge in [0, 0.05) is 6.42 Å². The van der Waals surface area contributed by atoms with Gasteiger partial charge in [0.15, 0.2) is 0 Å². The molecule has 0 spiro atoms. The molecule has 53 heavy (non-hydrogen) atoms. The molecule has 0 radical (unpaired) electrons. The number of amides is 1. The molecular formula is C49H95NO3. The van der Waals surface area contributed by atoms with Crippen molar-refractivity contribution in [3.05, 3.63) is 24.3 Å². The van der Waals surface area contributed by atoms with Gasteiger partial charge < -0.3 is 15.5 Å². The van der Waals surface area contributed by atoms with Crippen molar-refractivity contribution in [3.8, 4) is 0 Å². The quantitative estimate of drug-likeness (QED) is 0.0430. The van der Waals surface area contributed by atoms with E-state index in [1.807, 2.05) is 0 Å². The zero-order valence-corrected chi connectivity index (χ0v) is 36.1. The molecule has 0 heterocycles. The highest BCUT2D eigenvalue weighted by Gasteiger charge is 2.20. The van der Waals surface area contributed by atoms with Crippen LogP contribution in [0.25, 0.3) is 0 Å². The summed E-state index contributed by atoms with van der Waals surface area (Å²) in [4.78, 5) is 12.4. The molecule has 0 rings (SSSR count). The van der Waals surface area contributed by atoms with Crippen LogP contribution in [0.3, 0.4) is 0 Å². The zero-order chi connectivity index (χ0) is 38.6. The van der Waals surface area contributed by atoms with Crippen molar-refractivity contribution in [3.63, 3.8) is 0 Å². The fourth-order valence-corrected chi connectivity index (χ4v) is 7.51. The monoisotopic (exact) mass is 746 g/mol. The SMILES string of the molecule is CCCCCC/C=C\C/C=C\CCCCCCCC(=O)NC(CO)C(O)CCCCCCCCCCCCCCCCCCCCCCCCCCC. The Morgan fingerprint density at radius 1 is 0.453 bits per heavy atom. The summed E-state index contributed by atoms with van der Waals surface area (Å²) in [5.41, 5.74) is 0. The summed E-state index contributed by atoms with van der Waals surface area (Å²) in [6, 6.07) is -0.542. The normalized spacial score (nSPS) is 13.1. The smallest absolute Gasteiger partial charge is 0.220 e. The average Bonchev–Trinajstić information content (AvgIpc) is 3.16. The lowest BCUT2D eigenvalue weighted by molar-refractivity contribution is -0.123. The van der Waals surface area contributed by atoms with E-state index >= 15 is 0 Å². The second kappa shape index (κ2) is 45.3. The van der Waals surface area contributed by atoms with Crippen LogP contribution in [-0.2, 0) is 4.79 Å². The molecule has 0 aromatic rings. The van der Waals surface area contributed by atoms with Crippen molar-refractivity contribution in [2.45, 2.75) is 276 Å². The minimum absolute atomic E-state index is 0.0423. The molecule has 0 aliphatic rings. The third-order valence-electron chi connectivity index (χ3n) is 11.2. The van der Waals surface area contributed by atoms with E-state index in [4.69, 9.17) is 0 Å². The van der Waals surface area contributed by atoms with Crippen LogP contribution in [0.15, 0.2) is 24.3 Å². The van der Waals surface area contributed by atoms with Crippen LogP contribution >= 0.6 is 0 Å². The van der Waals surface area contributed by atoms with E-state index in [9.17, 15) is 15.0 Å². The Labute approximate surface area is 332 Å². The van der Waals surface area contributed by atoms with Crippen LogP contribution in [-0.4, -0.2) is 34.9 Å². The highest BCUT2D eigenvalue weighted by Crippen LogP contribution is 2.17. The molecule has 0 aliphatic carbocycles. The average molecular weight is 746 g/mol. The first-order chi connectivity index (χ1) is 26.2. The first-order valence-electron chi connectivity index (χ1n) is 24.0. The van der Waals surface area contributed by atoms with E-state index in [0.717, 1.165) is 44.9 Å². The second-order valence-corrected chi connectivity index (χ2v) is 16.5. The molecule has 0 saturated heterocycles. The Kier molecular flexibility index (Phi) is 44.3. The summed E-state index contributed by atoms with van der Waals surface area (Å²) in [5.74, 6) is -0.0423. The Morgan fingerprint density at radius 3 is 1.15 bits per heavy atom. The summed E-state index contributed by atoms with van der Waals surface area (Å²) in [5, 5.41) is 23.2. The lowest BCUT2D eigenvalue weighted by Crippen LogP contribution is -2.45. The number of nitrogens with one attached hydrogen (secondary N) is 1. The molecule has 0 saturated carbocycles. The first-order valence-corrected chi connectivity index (χ1v) is 24.0. The Morgan fingerprint density at radius 2 is 0.774 bits per heavy atom. The number of aliphatic hydroxyl groups is 2. The largest absolute Gasteiger partial charge is 0.394 e. The number of rotatable bonds is 44. The lowest BCUT2D eigenvalue weighted by Gasteiger charge is -2.22. The third kappa shape index (κ3) is 41.9. The van der Waals surface area contributed by atoms with Gasteiger partial charge >= 0.3 is 0 Å². The molecule has 2 unspecified atom stereocenters. The number of carbonyl (C=O) groups excluding carboxylic acids is 1.